The third-order valence-electron chi connectivity index (χ3n) is 3.30. The summed E-state index contributed by atoms with van der Waals surface area (Å²) >= 11 is 3.61. The van der Waals surface area contributed by atoms with Gasteiger partial charge in [0.2, 0.25) is 5.91 Å². The SMILES string of the molecule is O=C1CCC2=C(CCc3cccc(Br)c32)N1. The summed E-state index contributed by atoms with van der Waals surface area (Å²) in [7, 11) is 0. The van der Waals surface area contributed by atoms with Crippen LogP contribution in [0.5, 0.6) is 0 Å². The standard InChI is InChI=1S/C13H12BrNO/c14-10-3-1-2-8-4-6-11-9(13(8)10)5-7-12(16)15-11/h1-3H,4-7H2,(H,15,16). The molecule has 2 aliphatic rings. The third-order valence-corrected chi connectivity index (χ3v) is 3.96. The second-order valence-corrected chi connectivity index (χ2v) is 5.13. The molecular weight excluding hydrogens is 266 g/mol. The Hall–Kier alpha value is -1.09. The Morgan fingerprint density at radius 2 is 2.00 bits per heavy atom. The Bertz CT molecular complexity index is 505. The van der Waals surface area contributed by atoms with Gasteiger partial charge in [-0.05, 0) is 42.0 Å². The zero-order valence-corrected chi connectivity index (χ0v) is 10.4. The van der Waals surface area contributed by atoms with Gasteiger partial charge in [-0.2, -0.15) is 0 Å². The molecule has 1 aliphatic heterocycles. The minimum Gasteiger partial charge on any atom is -0.329 e. The zero-order chi connectivity index (χ0) is 11.1. The van der Waals surface area contributed by atoms with Crippen LogP contribution >= 0.6 is 15.9 Å². The Kier molecular flexibility index (Phi) is 2.36. The lowest BCUT2D eigenvalue weighted by atomic mass is 9.84. The third kappa shape index (κ3) is 1.50. The molecule has 0 bridgehead atoms. The second-order valence-electron chi connectivity index (χ2n) is 4.28. The lowest BCUT2D eigenvalue weighted by Crippen LogP contribution is -2.29. The normalized spacial score (nSPS) is 18.9. The highest BCUT2D eigenvalue weighted by molar-refractivity contribution is 9.10. The van der Waals surface area contributed by atoms with Crippen molar-refractivity contribution in [3.8, 4) is 0 Å². The highest BCUT2D eigenvalue weighted by Gasteiger charge is 2.25. The first-order chi connectivity index (χ1) is 7.75. The summed E-state index contributed by atoms with van der Waals surface area (Å²) in [6.07, 6.45) is 3.47. The summed E-state index contributed by atoms with van der Waals surface area (Å²) in [5.74, 6) is 0.161. The second kappa shape index (κ2) is 3.74. The molecule has 0 saturated heterocycles. The van der Waals surface area contributed by atoms with Crippen LogP contribution in [0.4, 0.5) is 0 Å². The summed E-state index contributed by atoms with van der Waals surface area (Å²) in [6.45, 7) is 0. The number of hydrogen-bond donors (Lipinski definition) is 1. The first kappa shape index (κ1) is 10.1. The molecule has 1 aliphatic carbocycles. The molecule has 0 unspecified atom stereocenters. The van der Waals surface area contributed by atoms with Crippen LogP contribution in [-0.2, 0) is 11.2 Å². The quantitative estimate of drug-likeness (QED) is 0.776. The lowest BCUT2D eigenvalue weighted by Gasteiger charge is -2.28. The molecule has 2 nitrogen and oxygen atoms in total. The van der Waals surface area contributed by atoms with E-state index in [1.807, 2.05) is 0 Å². The molecular formula is C13H12BrNO. The van der Waals surface area contributed by atoms with E-state index in [2.05, 4.69) is 39.4 Å². The van der Waals surface area contributed by atoms with E-state index < -0.39 is 0 Å². The Morgan fingerprint density at radius 3 is 2.88 bits per heavy atom. The predicted octanol–water partition coefficient (Wildman–Crippen LogP) is 3.02. The van der Waals surface area contributed by atoms with Crippen molar-refractivity contribution in [3.63, 3.8) is 0 Å². The van der Waals surface area contributed by atoms with Gasteiger partial charge in [0.15, 0.2) is 0 Å². The van der Waals surface area contributed by atoms with E-state index in [0.29, 0.717) is 6.42 Å². The first-order valence-electron chi connectivity index (χ1n) is 5.55. The van der Waals surface area contributed by atoms with Gasteiger partial charge in [-0.25, -0.2) is 0 Å². The average Bonchev–Trinajstić information content (AvgIpc) is 2.29. The summed E-state index contributed by atoms with van der Waals surface area (Å²) in [4.78, 5) is 11.4. The van der Waals surface area contributed by atoms with Crippen molar-refractivity contribution in [3.05, 3.63) is 39.5 Å². The van der Waals surface area contributed by atoms with Crippen LogP contribution in [0.1, 0.15) is 30.4 Å². The van der Waals surface area contributed by atoms with Crippen molar-refractivity contribution in [2.75, 3.05) is 0 Å². The number of aryl methyl sites for hydroxylation is 1. The number of halogens is 1. The topological polar surface area (TPSA) is 29.1 Å². The van der Waals surface area contributed by atoms with Gasteiger partial charge in [-0.3, -0.25) is 4.79 Å². The van der Waals surface area contributed by atoms with E-state index in [1.165, 1.54) is 16.7 Å². The number of allylic oxidation sites excluding steroid dienone is 2. The van der Waals surface area contributed by atoms with E-state index in [4.69, 9.17) is 0 Å². The number of amides is 1. The van der Waals surface area contributed by atoms with Crippen LogP contribution in [0.15, 0.2) is 28.4 Å². The Labute approximate surface area is 103 Å². The van der Waals surface area contributed by atoms with Gasteiger partial charge in [-0.15, -0.1) is 0 Å². The van der Waals surface area contributed by atoms with Gasteiger partial charge < -0.3 is 5.32 Å². The maximum Gasteiger partial charge on any atom is 0.224 e. The predicted molar refractivity (Wildman–Crippen MR) is 66.8 cm³/mol. The molecule has 0 aromatic heterocycles. The first-order valence-corrected chi connectivity index (χ1v) is 6.34. The van der Waals surface area contributed by atoms with Crippen molar-refractivity contribution in [2.45, 2.75) is 25.7 Å². The van der Waals surface area contributed by atoms with E-state index in [1.54, 1.807) is 0 Å². The molecule has 16 heavy (non-hydrogen) atoms. The van der Waals surface area contributed by atoms with Crippen LogP contribution in [-0.4, -0.2) is 5.91 Å². The molecule has 1 N–H and O–H groups in total. The molecule has 0 spiro atoms. The molecule has 3 rings (SSSR count). The number of rotatable bonds is 0. The number of carbonyl (C=O) groups excluding carboxylic acids is 1. The average molecular weight is 278 g/mol. The molecule has 82 valence electrons. The zero-order valence-electron chi connectivity index (χ0n) is 8.85. The number of benzene rings is 1. The molecule has 1 amide bonds. The van der Waals surface area contributed by atoms with Crippen LogP contribution < -0.4 is 5.32 Å². The van der Waals surface area contributed by atoms with E-state index in [9.17, 15) is 4.79 Å². The van der Waals surface area contributed by atoms with Gasteiger partial charge in [0.05, 0.1) is 0 Å². The number of hydrogen-bond acceptors (Lipinski definition) is 1. The number of nitrogens with one attached hydrogen (secondary N) is 1. The Balaban J connectivity index is 2.17. The fourth-order valence-corrected chi connectivity index (χ4v) is 3.21. The fourth-order valence-electron chi connectivity index (χ4n) is 2.56. The molecule has 3 heteroatoms. The van der Waals surface area contributed by atoms with Gasteiger partial charge >= 0.3 is 0 Å². The van der Waals surface area contributed by atoms with Crippen molar-refractivity contribution in [1.29, 1.82) is 0 Å². The molecule has 0 radical (unpaired) electrons. The van der Waals surface area contributed by atoms with Crippen molar-refractivity contribution < 1.29 is 4.79 Å². The molecule has 1 heterocycles. The lowest BCUT2D eigenvalue weighted by molar-refractivity contribution is -0.120. The van der Waals surface area contributed by atoms with Crippen LogP contribution in [0.3, 0.4) is 0 Å². The Morgan fingerprint density at radius 1 is 1.12 bits per heavy atom. The molecule has 0 saturated carbocycles. The van der Waals surface area contributed by atoms with Crippen molar-refractivity contribution in [2.24, 2.45) is 0 Å². The monoisotopic (exact) mass is 277 g/mol. The smallest absolute Gasteiger partial charge is 0.224 e. The highest BCUT2D eigenvalue weighted by atomic mass is 79.9. The van der Waals surface area contributed by atoms with Crippen LogP contribution in [0.2, 0.25) is 0 Å². The largest absolute Gasteiger partial charge is 0.329 e. The van der Waals surface area contributed by atoms with Gasteiger partial charge in [0.25, 0.3) is 0 Å². The van der Waals surface area contributed by atoms with Gasteiger partial charge in [0, 0.05) is 16.6 Å². The van der Waals surface area contributed by atoms with E-state index >= 15 is 0 Å². The van der Waals surface area contributed by atoms with Crippen molar-refractivity contribution >= 4 is 27.4 Å². The maximum absolute atomic E-state index is 11.4. The van der Waals surface area contributed by atoms with Crippen molar-refractivity contribution in [1.82, 2.24) is 5.32 Å². The summed E-state index contributed by atoms with van der Waals surface area (Å²) in [6, 6.07) is 6.33. The number of fused-ring (bicyclic) bond motifs is 2. The minimum absolute atomic E-state index is 0.161. The highest BCUT2D eigenvalue weighted by Crippen LogP contribution is 2.39. The van der Waals surface area contributed by atoms with Crippen LogP contribution in [0.25, 0.3) is 5.57 Å². The minimum atomic E-state index is 0.161. The summed E-state index contributed by atoms with van der Waals surface area (Å²) < 4.78 is 1.15. The van der Waals surface area contributed by atoms with E-state index in [0.717, 1.165) is 29.4 Å². The maximum atomic E-state index is 11.4. The molecule has 1 aromatic carbocycles. The van der Waals surface area contributed by atoms with E-state index in [-0.39, 0.29) is 5.91 Å². The van der Waals surface area contributed by atoms with Gasteiger partial charge in [-0.1, -0.05) is 28.1 Å². The fraction of sp³-hybridized carbons (Fsp3) is 0.308. The summed E-state index contributed by atoms with van der Waals surface area (Å²) in [5.41, 5.74) is 5.16. The van der Waals surface area contributed by atoms with Gasteiger partial charge in [0.1, 0.15) is 0 Å². The number of carbonyl (C=O) groups is 1. The molecule has 0 atom stereocenters. The molecule has 0 fully saturated rings. The van der Waals surface area contributed by atoms with Crippen LogP contribution in [0, 0.1) is 0 Å². The summed E-state index contributed by atoms with van der Waals surface area (Å²) in [5, 5.41) is 3.01. The molecule has 1 aromatic rings.